The molecule has 0 aliphatic heterocycles. The summed E-state index contributed by atoms with van der Waals surface area (Å²) in [5, 5.41) is 0. The minimum atomic E-state index is 0.443. The van der Waals surface area contributed by atoms with Gasteiger partial charge in [0.05, 0.1) is 19.6 Å². The van der Waals surface area contributed by atoms with Gasteiger partial charge in [-0.2, -0.15) is 0 Å². The first-order valence-electron chi connectivity index (χ1n) is 6.74. The number of halogens is 2. The predicted octanol–water partition coefficient (Wildman–Crippen LogP) is 5.13. The van der Waals surface area contributed by atoms with Crippen LogP contribution < -0.4 is 9.47 Å². The minimum Gasteiger partial charge on any atom is -0.497 e. The summed E-state index contributed by atoms with van der Waals surface area (Å²) >= 11 is 9.47. The second-order valence-electron chi connectivity index (χ2n) is 4.79. The number of benzene rings is 2. The van der Waals surface area contributed by atoms with Gasteiger partial charge in [-0.15, -0.1) is 11.6 Å². The Labute approximate surface area is 139 Å². The van der Waals surface area contributed by atoms with Crippen LogP contribution in [0, 0.1) is 6.92 Å². The predicted molar refractivity (Wildman–Crippen MR) is 90.6 cm³/mol. The van der Waals surface area contributed by atoms with E-state index in [4.69, 9.17) is 21.1 Å². The van der Waals surface area contributed by atoms with Crippen LogP contribution >= 0.6 is 27.5 Å². The summed E-state index contributed by atoms with van der Waals surface area (Å²) in [6.07, 6.45) is 0.848. The highest BCUT2D eigenvalue weighted by atomic mass is 79.9. The van der Waals surface area contributed by atoms with E-state index in [0.29, 0.717) is 12.5 Å². The lowest BCUT2D eigenvalue weighted by molar-refractivity contribution is 0.317. The van der Waals surface area contributed by atoms with Gasteiger partial charge in [0.25, 0.3) is 0 Å². The van der Waals surface area contributed by atoms with E-state index in [0.717, 1.165) is 33.5 Å². The van der Waals surface area contributed by atoms with Gasteiger partial charge < -0.3 is 9.47 Å². The molecule has 2 nitrogen and oxygen atoms in total. The molecule has 0 atom stereocenters. The lowest BCUT2D eigenvalue weighted by Crippen LogP contribution is -2.04. The third-order valence-electron chi connectivity index (χ3n) is 3.26. The molecule has 0 unspecified atom stereocenters. The molecule has 0 fully saturated rings. The van der Waals surface area contributed by atoms with Crippen LogP contribution in [0.2, 0.25) is 0 Å². The van der Waals surface area contributed by atoms with Crippen molar-refractivity contribution < 1.29 is 9.47 Å². The van der Waals surface area contributed by atoms with Crippen LogP contribution in [0.3, 0.4) is 0 Å². The average molecular weight is 370 g/mol. The molecule has 2 aromatic carbocycles. The van der Waals surface area contributed by atoms with Crippen LogP contribution in [0.5, 0.6) is 11.5 Å². The van der Waals surface area contributed by atoms with E-state index in [1.807, 2.05) is 31.2 Å². The van der Waals surface area contributed by atoms with Crippen molar-refractivity contribution in [2.45, 2.75) is 19.2 Å². The molecular formula is C17H18BrClO2. The topological polar surface area (TPSA) is 18.5 Å². The van der Waals surface area contributed by atoms with Crippen molar-refractivity contribution in [3.05, 3.63) is 57.6 Å². The van der Waals surface area contributed by atoms with E-state index in [9.17, 15) is 0 Å². The second-order valence-corrected chi connectivity index (χ2v) is 5.97. The zero-order valence-electron chi connectivity index (χ0n) is 12.2. The average Bonchev–Trinajstić information content (AvgIpc) is 2.49. The number of aryl methyl sites for hydroxylation is 1. The van der Waals surface area contributed by atoms with Gasteiger partial charge >= 0.3 is 0 Å². The first-order chi connectivity index (χ1) is 10.1. The van der Waals surface area contributed by atoms with Crippen molar-refractivity contribution in [2.75, 3.05) is 13.7 Å². The molecule has 2 aromatic rings. The Morgan fingerprint density at radius 2 is 1.86 bits per heavy atom. The van der Waals surface area contributed by atoms with Gasteiger partial charge in [0, 0.05) is 16.5 Å². The van der Waals surface area contributed by atoms with Crippen LogP contribution in [0.15, 0.2) is 40.9 Å². The molecular weight excluding hydrogens is 352 g/mol. The van der Waals surface area contributed by atoms with Gasteiger partial charge in [-0.3, -0.25) is 0 Å². The molecule has 0 aromatic heterocycles. The SMILES string of the molecule is COc1ccc(CCOc2c(C)cc(Br)cc2CCl)cc1. The van der Waals surface area contributed by atoms with Crippen molar-refractivity contribution in [2.24, 2.45) is 0 Å². The second kappa shape index (κ2) is 7.71. The molecule has 0 N–H and O–H groups in total. The smallest absolute Gasteiger partial charge is 0.126 e. The summed E-state index contributed by atoms with van der Waals surface area (Å²) in [6, 6.07) is 12.1. The van der Waals surface area contributed by atoms with Crippen LogP contribution in [0.4, 0.5) is 0 Å². The molecule has 2 rings (SSSR count). The Kier molecular flexibility index (Phi) is 5.95. The van der Waals surface area contributed by atoms with Gasteiger partial charge in [0.1, 0.15) is 11.5 Å². The van der Waals surface area contributed by atoms with Gasteiger partial charge in [0.2, 0.25) is 0 Å². The number of alkyl halides is 1. The summed E-state index contributed by atoms with van der Waals surface area (Å²) in [4.78, 5) is 0. The number of ether oxygens (including phenoxy) is 2. The zero-order chi connectivity index (χ0) is 15.2. The first-order valence-corrected chi connectivity index (χ1v) is 8.07. The van der Waals surface area contributed by atoms with Crippen molar-refractivity contribution in [3.8, 4) is 11.5 Å². The fourth-order valence-electron chi connectivity index (χ4n) is 2.17. The monoisotopic (exact) mass is 368 g/mol. The highest BCUT2D eigenvalue weighted by Crippen LogP contribution is 2.29. The normalized spacial score (nSPS) is 10.5. The van der Waals surface area contributed by atoms with Crippen molar-refractivity contribution >= 4 is 27.5 Å². The van der Waals surface area contributed by atoms with E-state index < -0.39 is 0 Å². The van der Waals surface area contributed by atoms with Gasteiger partial charge in [-0.05, 0) is 42.3 Å². The molecule has 0 spiro atoms. The molecule has 0 saturated heterocycles. The number of methoxy groups -OCH3 is 1. The van der Waals surface area contributed by atoms with E-state index in [-0.39, 0.29) is 0 Å². The maximum atomic E-state index is 5.99. The van der Waals surface area contributed by atoms with E-state index in [2.05, 4.69) is 28.1 Å². The first kappa shape index (κ1) is 16.2. The lowest BCUT2D eigenvalue weighted by atomic mass is 10.1. The Morgan fingerprint density at radius 1 is 1.14 bits per heavy atom. The highest BCUT2D eigenvalue weighted by molar-refractivity contribution is 9.10. The van der Waals surface area contributed by atoms with E-state index >= 15 is 0 Å². The third kappa shape index (κ3) is 4.39. The molecule has 0 bridgehead atoms. The van der Waals surface area contributed by atoms with Crippen LogP contribution in [-0.4, -0.2) is 13.7 Å². The van der Waals surface area contributed by atoms with Gasteiger partial charge in [0.15, 0.2) is 0 Å². The molecule has 112 valence electrons. The molecule has 4 heteroatoms. The van der Waals surface area contributed by atoms with Crippen molar-refractivity contribution in [3.63, 3.8) is 0 Å². The third-order valence-corrected chi connectivity index (χ3v) is 4.00. The molecule has 0 amide bonds. The fraction of sp³-hybridized carbons (Fsp3) is 0.294. The molecule has 0 radical (unpaired) electrons. The zero-order valence-corrected chi connectivity index (χ0v) is 14.5. The van der Waals surface area contributed by atoms with E-state index in [1.165, 1.54) is 5.56 Å². The van der Waals surface area contributed by atoms with Crippen molar-refractivity contribution in [1.29, 1.82) is 0 Å². The molecule has 0 aliphatic carbocycles. The quantitative estimate of drug-likeness (QED) is 0.657. The largest absolute Gasteiger partial charge is 0.497 e. The maximum absolute atomic E-state index is 5.99. The highest BCUT2D eigenvalue weighted by Gasteiger charge is 2.08. The summed E-state index contributed by atoms with van der Waals surface area (Å²) < 4.78 is 12.1. The van der Waals surface area contributed by atoms with Crippen LogP contribution in [-0.2, 0) is 12.3 Å². The lowest BCUT2D eigenvalue weighted by Gasteiger charge is -2.14. The maximum Gasteiger partial charge on any atom is 0.126 e. The van der Waals surface area contributed by atoms with Crippen LogP contribution in [0.25, 0.3) is 0 Å². The number of rotatable bonds is 6. The summed E-state index contributed by atoms with van der Waals surface area (Å²) in [7, 11) is 1.67. The summed E-state index contributed by atoms with van der Waals surface area (Å²) in [6.45, 7) is 2.65. The fourth-order valence-corrected chi connectivity index (χ4v) is 2.99. The standard InChI is InChI=1S/C17H18BrClO2/c1-12-9-15(18)10-14(11-19)17(12)21-8-7-13-3-5-16(20-2)6-4-13/h3-6,9-10H,7-8,11H2,1-2H3. The Bertz CT molecular complexity index is 596. The molecule has 0 saturated carbocycles. The summed E-state index contributed by atoms with van der Waals surface area (Å²) in [5.74, 6) is 2.20. The van der Waals surface area contributed by atoms with Crippen LogP contribution in [0.1, 0.15) is 16.7 Å². The Morgan fingerprint density at radius 3 is 2.48 bits per heavy atom. The van der Waals surface area contributed by atoms with Gasteiger partial charge in [-0.1, -0.05) is 28.1 Å². The number of hydrogen-bond donors (Lipinski definition) is 0. The van der Waals surface area contributed by atoms with Gasteiger partial charge in [-0.25, -0.2) is 0 Å². The Balaban J connectivity index is 1.99. The minimum absolute atomic E-state index is 0.443. The summed E-state index contributed by atoms with van der Waals surface area (Å²) in [5.41, 5.74) is 3.33. The van der Waals surface area contributed by atoms with Crippen molar-refractivity contribution in [1.82, 2.24) is 0 Å². The number of hydrogen-bond acceptors (Lipinski definition) is 2. The molecule has 21 heavy (non-hydrogen) atoms. The molecule has 0 aliphatic rings. The Hall–Kier alpha value is -1.19. The van der Waals surface area contributed by atoms with E-state index in [1.54, 1.807) is 7.11 Å². The molecule has 0 heterocycles.